The van der Waals surface area contributed by atoms with Crippen molar-refractivity contribution < 1.29 is 23.4 Å². The van der Waals surface area contributed by atoms with E-state index in [4.69, 9.17) is 9.90 Å². The predicted molar refractivity (Wildman–Crippen MR) is 89.7 cm³/mol. The third-order valence-electron chi connectivity index (χ3n) is 5.56. The molecule has 4 atom stereocenters. The second kappa shape index (κ2) is 8.09. The lowest BCUT2D eigenvalue weighted by molar-refractivity contribution is -0.122. The molecule has 24 heavy (non-hydrogen) atoms. The number of carboxylic acid groups (broad SMARTS) is 1. The van der Waals surface area contributed by atoms with E-state index in [2.05, 4.69) is 4.90 Å². The molecule has 3 saturated heterocycles. The van der Waals surface area contributed by atoms with Gasteiger partial charge in [0.1, 0.15) is 0 Å². The van der Waals surface area contributed by atoms with E-state index < -0.39 is 10.2 Å². The minimum Gasteiger partial charge on any atom is -0.483 e. The fourth-order valence-corrected chi connectivity index (χ4v) is 5.76. The first-order chi connectivity index (χ1) is 11.4. The monoisotopic (exact) mass is 363 g/mol. The second-order valence-corrected chi connectivity index (χ2v) is 9.16. The van der Waals surface area contributed by atoms with Crippen LogP contribution in [-0.4, -0.2) is 91.0 Å². The summed E-state index contributed by atoms with van der Waals surface area (Å²) in [4.78, 5) is 10.8. The van der Waals surface area contributed by atoms with E-state index in [0.29, 0.717) is 25.0 Å². The van der Waals surface area contributed by atoms with Gasteiger partial charge in [0.25, 0.3) is 16.7 Å². The lowest BCUT2D eigenvalue weighted by Gasteiger charge is -2.56. The fourth-order valence-electron chi connectivity index (χ4n) is 4.53. The highest BCUT2D eigenvalue weighted by Gasteiger charge is 2.49. The molecule has 0 unspecified atom stereocenters. The molecule has 0 saturated carbocycles. The predicted octanol–water partition coefficient (Wildman–Crippen LogP) is -0.339. The Kier molecular flexibility index (Phi) is 6.60. The standard InChI is InChI=1S/C14H27N3O3S.CH2O2/c1-15(2)21(19,20)16-8-11-7-12(9-16)14(10-18)17-6-4-3-5-13(11)17;2-1-3/h11-14,18H,3-10H2,1-2H3;1H,(H,2,3)/t11-,12+,13+,14+;/m1./s1. The Hall–Kier alpha value is -0.740. The molecule has 9 heteroatoms. The zero-order chi connectivity index (χ0) is 17.9. The van der Waals surface area contributed by atoms with Gasteiger partial charge in [0.2, 0.25) is 0 Å². The van der Waals surface area contributed by atoms with E-state index in [0.717, 1.165) is 19.4 Å². The molecule has 0 aliphatic carbocycles. The molecular weight excluding hydrogens is 334 g/mol. The van der Waals surface area contributed by atoms with Crippen LogP contribution in [0.25, 0.3) is 0 Å². The number of aliphatic hydroxyl groups excluding tert-OH is 1. The molecule has 0 aromatic heterocycles. The van der Waals surface area contributed by atoms with Crippen molar-refractivity contribution in [3.05, 3.63) is 0 Å². The van der Waals surface area contributed by atoms with Crippen molar-refractivity contribution in [3.8, 4) is 0 Å². The number of piperidine rings is 3. The van der Waals surface area contributed by atoms with Gasteiger partial charge in [-0.25, -0.2) is 0 Å². The van der Waals surface area contributed by atoms with Gasteiger partial charge in [-0.3, -0.25) is 9.69 Å². The van der Waals surface area contributed by atoms with Crippen LogP contribution in [0.5, 0.6) is 0 Å². The first-order valence-electron chi connectivity index (χ1n) is 8.48. The molecular formula is C15H29N3O5S. The maximum absolute atomic E-state index is 12.4. The van der Waals surface area contributed by atoms with Crippen LogP contribution in [-0.2, 0) is 15.0 Å². The molecule has 3 fully saturated rings. The van der Waals surface area contributed by atoms with Crippen molar-refractivity contribution in [2.75, 3.05) is 40.3 Å². The Labute approximate surface area is 144 Å². The lowest BCUT2D eigenvalue weighted by Crippen LogP contribution is -2.65. The Morgan fingerprint density at radius 1 is 1.21 bits per heavy atom. The zero-order valence-electron chi connectivity index (χ0n) is 14.4. The van der Waals surface area contributed by atoms with Gasteiger partial charge in [-0.2, -0.15) is 17.0 Å². The van der Waals surface area contributed by atoms with Crippen molar-refractivity contribution in [1.29, 1.82) is 0 Å². The molecule has 0 amide bonds. The maximum atomic E-state index is 12.4. The fraction of sp³-hybridized carbons (Fsp3) is 0.933. The van der Waals surface area contributed by atoms with Crippen LogP contribution in [0.4, 0.5) is 0 Å². The van der Waals surface area contributed by atoms with Crippen molar-refractivity contribution in [3.63, 3.8) is 0 Å². The minimum atomic E-state index is -3.34. The van der Waals surface area contributed by atoms with E-state index in [1.165, 1.54) is 17.1 Å². The molecule has 0 aromatic rings. The van der Waals surface area contributed by atoms with Crippen molar-refractivity contribution in [1.82, 2.24) is 13.5 Å². The lowest BCUT2D eigenvalue weighted by atomic mass is 9.73. The van der Waals surface area contributed by atoms with Crippen LogP contribution in [0.15, 0.2) is 0 Å². The van der Waals surface area contributed by atoms with Gasteiger partial charge in [-0.1, -0.05) is 6.42 Å². The van der Waals surface area contributed by atoms with Crippen LogP contribution < -0.4 is 0 Å². The highest BCUT2D eigenvalue weighted by molar-refractivity contribution is 7.86. The van der Waals surface area contributed by atoms with Gasteiger partial charge in [-0.05, 0) is 37.6 Å². The summed E-state index contributed by atoms with van der Waals surface area (Å²) in [6.07, 6.45) is 4.63. The molecule has 0 radical (unpaired) electrons. The highest BCUT2D eigenvalue weighted by Crippen LogP contribution is 2.41. The van der Waals surface area contributed by atoms with Crippen molar-refractivity contribution >= 4 is 16.7 Å². The van der Waals surface area contributed by atoms with Crippen LogP contribution in [0, 0.1) is 11.8 Å². The minimum absolute atomic E-state index is 0.131. The number of carbonyl (C=O) groups is 1. The Bertz CT molecular complexity index is 513. The van der Waals surface area contributed by atoms with Crippen LogP contribution >= 0.6 is 0 Å². The molecule has 3 rings (SSSR count). The first kappa shape index (κ1) is 19.6. The summed E-state index contributed by atoms with van der Waals surface area (Å²) in [6, 6.07) is 0.582. The Morgan fingerprint density at radius 2 is 1.83 bits per heavy atom. The summed E-state index contributed by atoms with van der Waals surface area (Å²) < 4.78 is 27.8. The average molecular weight is 363 g/mol. The molecule has 2 bridgehead atoms. The van der Waals surface area contributed by atoms with Gasteiger partial charge in [-0.15, -0.1) is 0 Å². The molecule has 140 valence electrons. The molecule has 0 spiro atoms. The average Bonchev–Trinajstić information content (AvgIpc) is 2.56. The van der Waals surface area contributed by atoms with Crippen molar-refractivity contribution in [2.24, 2.45) is 11.8 Å². The Balaban J connectivity index is 0.000000647. The van der Waals surface area contributed by atoms with Gasteiger partial charge in [0, 0.05) is 39.3 Å². The van der Waals surface area contributed by atoms with E-state index in [1.807, 2.05) is 0 Å². The molecule has 3 aliphatic rings. The maximum Gasteiger partial charge on any atom is 0.290 e. The van der Waals surface area contributed by atoms with Crippen molar-refractivity contribution in [2.45, 2.75) is 37.8 Å². The normalized spacial score (nSPS) is 34.2. The largest absolute Gasteiger partial charge is 0.483 e. The number of aliphatic hydroxyl groups is 1. The molecule has 2 N–H and O–H groups in total. The van der Waals surface area contributed by atoms with E-state index >= 15 is 0 Å². The van der Waals surface area contributed by atoms with E-state index in [1.54, 1.807) is 18.4 Å². The second-order valence-electron chi connectivity index (χ2n) is 7.02. The third kappa shape index (κ3) is 3.75. The van der Waals surface area contributed by atoms with Crippen LogP contribution in [0.3, 0.4) is 0 Å². The summed E-state index contributed by atoms with van der Waals surface area (Å²) >= 11 is 0. The summed E-state index contributed by atoms with van der Waals surface area (Å²) in [5.41, 5.74) is 0. The first-order valence-corrected chi connectivity index (χ1v) is 9.88. The van der Waals surface area contributed by atoms with Gasteiger partial charge in [0.15, 0.2) is 0 Å². The quantitative estimate of drug-likeness (QED) is 0.665. The van der Waals surface area contributed by atoms with Gasteiger partial charge >= 0.3 is 0 Å². The van der Waals surface area contributed by atoms with Crippen LogP contribution in [0.2, 0.25) is 0 Å². The number of hydrogen-bond acceptors (Lipinski definition) is 5. The topological polar surface area (TPSA) is 101 Å². The SMILES string of the molecule is CN(C)S(=O)(=O)N1C[C@H]2C[C@@H](C1)[C@H](CO)N1CCCC[C@@H]21.O=CO. The number of hydrogen-bond donors (Lipinski definition) is 2. The summed E-state index contributed by atoms with van der Waals surface area (Å²) in [7, 11) is -0.158. The van der Waals surface area contributed by atoms with Gasteiger partial charge < -0.3 is 10.2 Å². The van der Waals surface area contributed by atoms with Gasteiger partial charge in [0.05, 0.1) is 6.61 Å². The van der Waals surface area contributed by atoms with E-state index in [9.17, 15) is 13.5 Å². The molecule has 3 heterocycles. The highest BCUT2D eigenvalue weighted by atomic mass is 32.2. The third-order valence-corrected chi connectivity index (χ3v) is 7.44. The number of rotatable bonds is 3. The number of fused-ring (bicyclic) bond motifs is 4. The van der Waals surface area contributed by atoms with E-state index in [-0.39, 0.29) is 25.0 Å². The summed E-state index contributed by atoms with van der Waals surface area (Å²) in [5.74, 6) is 0.680. The zero-order valence-corrected chi connectivity index (χ0v) is 15.2. The Morgan fingerprint density at radius 3 is 2.42 bits per heavy atom. The molecule has 8 nitrogen and oxygen atoms in total. The summed E-state index contributed by atoms with van der Waals surface area (Å²) in [5, 5.41) is 16.7. The molecule has 0 aromatic carbocycles. The van der Waals surface area contributed by atoms with Crippen LogP contribution in [0.1, 0.15) is 25.7 Å². The molecule has 3 aliphatic heterocycles. The number of nitrogens with zero attached hydrogens (tertiary/aromatic N) is 3. The summed E-state index contributed by atoms with van der Waals surface area (Å²) in [6.45, 7) is 2.13. The smallest absolute Gasteiger partial charge is 0.290 e.